The standard InChI is InChI=1S/C11H16O/c1-4-6-7-9-11(8-5-2)10(3)12/h5,7-9H,2,4,6H2,1,3H3/b9-7-,11-8+. The molecule has 0 aromatic carbocycles. The summed E-state index contributed by atoms with van der Waals surface area (Å²) in [6.07, 6.45) is 9.35. The molecule has 0 amide bonds. The highest BCUT2D eigenvalue weighted by Crippen LogP contribution is 2.01. The van der Waals surface area contributed by atoms with Crippen LogP contribution in [0, 0.1) is 0 Å². The fourth-order valence-corrected chi connectivity index (χ4v) is 0.794. The first-order chi connectivity index (χ1) is 5.72. The van der Waals surface area contributed by atoms with Crippen LogP contribution in [0.25, 0.3) is 0 Å². The molecule has 1 nitrogen and oxygen atoms in total. The van der Waals surface area contributed by atoms with E-state index in [1.165, 1.54) is 0 Å². The zero-order chi connectivity index (χ0) is 9.40. The average Bonchev–Trinajstić information content (AvgIpc) is 2.03. The van der Waals surface area contributed by atoms with E-state index in [0.717, 1.165) is 18.4 Å². The molecule has 0 saturated carbocycles. The molecule has 0 radical (unpaired) electrons. The van der Waals surface area contributed by atoms with E-state index in [1.807, 2.05) is 12.2 Å². The second-order valence-electron chi connectivity index (χ2n) is 2.60. The summed E-state index contributed by atoms with van der Waals surface area (Å²) in [6, 6.07) is 0. The number of hydrogen-bond donors (Lipinski definition) is 0. The number of unbranched alkanes of at least 4 members (excludes halogenated alkanes) is 1. The van der Waals surface area contributed by atoms with Crippen molar-refractivity contribution in [1.29, 1.82) is 0 Å². The van der Waals surface area contributed by atoms with Crippen LogP contribution in [0.5, 0.6) is 0 Å². The van der Waals surface area contributed by atoms with E-state index in [1.54, 1.807) is 19.1 Å². The molecular formula is C11H16O. The van der Waals surface area contributed by atoms with Crippen LogP contribution < -0.4 is 0 Å². The first-order valence-electron chi connectivity index (χ1n) is 4.22. The minimum absolute atomic E-state index is 0.0854. The van der Waals surface area contributed by atoms with E-state index in [2.05, 4.69) is 13.5 Å². The van der Waals surface area contributed by atoms with Crippen LogP contribution in [0.1, 0.15) is 26.7 Å². The molecule has 0 fully saturated rings. The maximum atomic E-state index is 11.0. The Morgan fingerprint density at radius 2 is 2.17 bits per heavy atom. The molecule has 0 aromatic rings. The van der Waals surface area contributed by atoms with Gasteiger partial charge in [0.25, 0.3) is 0 Å². The van der Waals surface area contributed by atoms with Gasteiger partial charge in [-0.15, -0.1) is 0 Å². The molecule has 0 atom stereocenters. The normalized spacial score (nSPS) is 12.0. The molecule has 0 aliphatic heterocycles. The molecule has 0 heterocycles. The number of carbonyl (C=O) groups excluding carboxylic acids is 1. The summed E-state index contributed by atoms with van der Waals surface area (Å²) in [7, 11) is 0. The van der Waals surface area contributed by atoms with Crippen molar-refractivity contribution in [3.63, 3.8) is 0 Å². The lowest BCUT2D eigenvalue weighted by Crippen LogP contribution is -1.91. The highest BCUT2D eigenvalue weighted by Gasteiger charge is 1.95. The predicted molar refractivity (Wildman–Crippen MR) is 53.0 cm³/mol. The molecule has 1 heteroatoms. The van der Waals surface area contributed by atoms with Crippen molar-refractivity contribution >= 4 is 5.78 Å². The van der Waals surface area contributed by atoms with Gasteiger partial charge in [0.05, 0.1) is 0 Å². The Labute approximate surface area is 74.5 Å². The fraction of sp³-hybridized carbons (Fsp3) is 0.364. The average molecular weight is 164 g/mol. The minimum atomic E-state index is 0.0854. The van der Waals surface area contributed by atoms with Crippen molar-refractivity contribution in [2.45, 2.75) is 26.7 Å². The number of carbonyl (C=O) groups is 1. The van der Waals surface area contributed by atoms with Crippen LogP contribution in [0.3, 0.4) is 0 Å². The molecule has 0 spiro atoms. The maximum absolute atomic E-state index is 11.0. The first kappa shape index (κ1) is 10.9. The number of hydrogen-bond acceptors (Lipinski definition) is 1. The van der Waals surface area contributed by atoms with Gasteiger partial charge < -0.3 is 0 Å². The van der Waals surface area contributed by atoms with Gasteiger partial charge in [0.1, 0.15) is 0 Å². The number of Topliss-reactive ketones (excluding diaryl/α,β-unsaturated/α-hetero) is 1. The van der Waals surface area contributed by atoms with Crippen molar-refractivity contribution in [2.24, 2.45) is 0 Å². The van der Waals surface area contributed by atoms with E-state index in [-0.39, 0.29) is 5.78 Å². The van der Waals surface area contributed by atoms with Crippen molar-refractivity contribution in [3.05, 3.63) is 36.5 Å². The molecule has 0 bridgehead atoms. The second-order valence-corrected chi connectivity index (χ2v) is 2.60. The molecule has 66 valence electrons. The summed E-state index contributed by atoms with van der Waals surface area (Å²) in [6.45, 7) is 7.22. The van der Waals surface area contributed by atoms with Crippen LogP contribution in [0.15, 0.2) is 36.5 Å². The molecule has 0 unspecified atom stereocenters. The molecule has 0 saturated heterocycles. The monoisotopic (exact) mass is 164 g/mol. The van der Waals surface area contributed by atoms with E-state index < -0.39 is 0 Å². The molecule has 0 aliphatic carbocycles. The molecule has 12 heavy (non-hydrogen) atoms. The predicted octanol–water partition coefficient (Wildman–Crippen LogP) is 3.04. The van der Waals surface area contributed by atoms with Crippen molar-refractivity contribution in [2.75, 3.05) is 0 Å². The third kappa shape index (κ3) is 4.67. The Morgan fingerprint density at radius 1 is 1.50 bits per heavy atom. The lowest BCUT2D eigenvalue weighted by atomic mass is 10.1. The van der Waals surface area contributed by atoms with Gasteiger partial charge in [-0.2, -0.15) is 0 Å². The van der Waals surface area contributed by atoms with Gasteiger partial charge in [-0.05, 0) is 13.3 Å². The zero-order valence-corrected chi connectivity index (χ0v) is 7.84. The van der Waals surface area contributed by atoms with E-state index >= 15 is 0 Å². The summed E-state index contributed by atoms with van der Waals surface area (Å²) in [4.78, 5) is 11.0. The molecular weight excluding hydrogens is 148 g/mol. The zero-order valence-electron chi connectivity index (χ0n) is 7.84. The van der Waals surface area contributed by atoms with Crippen LogP contribution >= 0.6 is 0 Å². The van der Waals surface area contributed by atoms with Crippen LogP contribution in [-0.2, 0) is 4.79 Å². The SMILES string of the molecule is C=C/C=C(\C=C/CCC)C(C)=O. The van der Waals surface area contributed by atoms with Gasteiger partial charge in [-0.25, -0.2) is 0 Å². The highest BCUT2D eigenvalue weighted by molar-refractivity contribution is 5.96. The van der Waals surface area contributed by atoms with Crippen molar-refractivity contribution in [1.82, 2.24) is 0 Å². The topological polar surface area (TPSA) is 17.1 Å². The van der Waals surface area contributed by atoms with Gasteiger partial charge in [0.15, 0.2) is 5.78 Å². The maximum Gasteiger partial charge on any atom is 0.159 e. The Kier molecular flexibility index (Phi) is 5.98. The molecule has 0 aliphatic rings. The number of allylic oxidation sites excluding steroid dienone is 5. The second kappa shape index (κ2) is 6.59. The smallest absolute Gasteiger partial charge is 0.159 e. The quantitative estimate of drug-likeness (QED) is 0.451. The van der Waals surface area contributed by atoms with Crippen molar-refractivity contribution < 1.29 is 4.79 Å². The highest BCUT2D eigenvalue weighted by atomic mass is 16.1. The first-order valence-corrected chi connectivity index (χ1v) is 4.22. The Hall–Kier alpha value is -1.11. The van der Waals surface area contributed by atoms with E-state index in [0.29, 0.717) is 0 Å². The molecule has 0 aromatic heterocycles. The fourth-order valence-electron chi connectivity index (χ4n) is 0.794. The summed E-state index contributed by atoms with van der Waals surface area (Å²) < 4.78 is 0. The Morgan fingerprint density at radius 3 is 2.58 bits per heavy atom. The third-order valence-electron chi connectivity index (χ3n) is 1.46. The van der Waals surface area contributed by atoms with Crippen LogP contribution in [-0.4, -0.2) is 5.78 Å². The molecule has 0 rings (SSSR count). The third-order valence-corrected chi connectivity index (χ3v) is 1.46. The number of rotatable bonds is 5. The van der Waals surface area contributed by atoms with Gasteiger partial charge in [0.2, 0.25) is 0 Å². The van der Waals surface area contributed by atoms with Crippen LogP contribution in [0.4, 0.5) is 0 Å². The van der Waals surface area contributed by atoms with Crippen molar-refractivity contribution in [3.8, 4) is 0 Å². The number of ketones is 1. The largest absolute Gasteiger partial charge is 0.295 e. The Balaban J connectivity index is 4.23. The molecule has 0 N–H and O–H groups in total. The summed E-state index contributed by atoms with van der Waals surface area (Å²) >= 11 is 0. The summed E-state index contributed by atoms with van der Waals surface area (Å²) in [5.74, 6) is 0.0854. The van der Waals surface area contributed by atoms with Gasteiger partial charge in [-0.1, -0.05) is 44.2 Å². The summed E-state index contributed by atoms with van der Waals surface area (Å²) in [5.41, 5.74) is 0.721. The lowest BCUT2D eigenvalue weighted by Gasteiger charge is -1.92. The Bertz CT molecular complexity index is 209. The van der Waals surface area contributed by atoms with E-state index in [4.69, 9.17) is 0 Å². The van der Waals surface area contributed by atoms with Gasteiger partial charge in [-0.3, -0.25) is 4.79 Å². The van der Waals surface area contributed by atoms with Crippen LogP contribution in [0.2, 0.25) is 0 Å². The minimum Gasteiger partial charge on any atom is -0.295 e. The van der Waals surface area contributed by atoms with Gasteiger partial charge in [0, 0.05) is 5.57 Å². The lowest BCUT2D eigenvalue weighted by molar-refractivity contribution is -0.113. The summed E-state index contributed by atoms with van der Waals surface area (Å²) in [5, 5.41) is 0. The van der Waals surface area contributed by atoms with E-state index in [9.17, 15) is 4.79 Å². The van der Waals surface area contributed by atoms with Gasteiger partial charge >= 0.3 is 0 Å².